The summed E-state index contributed by atoms with van der Waals surface area (Å²) in [4.78, 5) is 7.24. The quantitative estimate of drug-likeness (QED) is 0.296. The first-order valence-electron chi connectivity index (χ1n) is 11.7. The Morgan fingerprint density at radius 3 is 2.45 bits per heavy atom. The summed E-state index contributed by atoms with van der Waals surface area (Å²) in [5.74, 6) is 5.14. The third-order valence-electron chi connectivity index (χ3n) is 6.78. The van der Waals surface area contributed by atoms with Crippen LogP contribution in [-0.2, 0) is 18.3 Å². The van der Waals surface area contributed by atoms with Gasteiger partial charge in [0.05, 0.1) is 13.2 Å². The van der Waals surface area contributed by atoms with E-state index in [4.69, 9.17) is 9.73 Å². The third-order valence-corrected chi connectivity index (χ3v) is 6.78. The number of hydrogen-bond acceptors (Lipinski definition) is 5. The first kappa shape index (κ1) is 26.3. The molecule has 0 bridgehead atoms. The molecule has 2 aliphatic rings. The van der Waals surface area contributed by atoms with Crippen molar-refractivity contribution in [3.05, 3.63) is 11.6 Å². The number of rotatable bonds is 8. The highest BCUT2D eigenvalue weighted by Gasteiger charge is 2.23. The Kier molecular flexibility index (Phi) is 11.5. The van der Waals surface area contributed by atoms with Gasteiger partial charge in [-0.25, -0.2) is 4.99 Å². The monoisotopic (exact) mass is 547 g/mol. The number of aromatic nitrogens is 3. The van der Waals surface area contributed by atoms with Crippen LogP contribution in [0.5, 0.6) is 0 Å². The minimum atomic E-state index is 0. The molecule has 0 amide bonds. The summed E-state index contributed by atoms with van der Waals surface area (Å²) in [7, 11) is 1.99. The molecule has 0 radical (unpaired) electrons. The van der Waals surface area contributed by atoms with Gasteiger partial charge in [0.15, 0.2) is 11.8 Å². The molecule has 178 valence electrons. The molecule has 2 fully saturated rings. The number of morpholine rings is 1. The number of aliphatic imine (C=N–C) groups is 1. The molecule has 0 aromatic carbocycles. The number of ether oxygens (including phenoxy) is 1. The summed E-state index contributed by atoms with van der Waals surface area (Å²) in [6, 6.07) is 0. The van der Waals surface area contributed by atoms with Gasteiger partial charge in [-0.1, -0.05) is 13.8 Å². The van der Waals surface area contributed by atoms with Crippen LogP contribution in [0.2, 0.25) is 0 Å². The molecule has 1 aliphatic heterocycles. The van der Waals surface area contributed by atoms with Crippen LogP contribution in [-0.4, -0.2) is 71.6 Å². The lowest BCUT2D eigenvalue weighted by molar-refractivity contribution is 0.0389. The van der Waals surface area contributed by atoms with E-state index in [0.29, 0.717) is 6.54 Å². The Hall–Kier alpha value is -0.940. The molecule has 2 heterocycles. The minimum absolute atomic E-state index is 0. The van der Waals surface area contributed by atoms with Crippen molar-refractivity contribution in [2.24, 2.45) is 29.8 Å². The van der Waals surface area contributed by atoms with E-state index in [1.165, 1.54) is 25.7 Å². The summed E-state index contributed by atoms with van der Waals surface area (Å²) < 4.78 is 7.44. The molecule has 31 heavy (non-hydrogen) atoms. The molecule has 1 aromatic rings. The third kappa shape index (κ3) is 8.49. The fraction of sp³-hybridized carbons (Fsp3) is 0.864. The van der Waals surface area contributed by atoms with Gasteiger partial charge in [-0.05, 0) is 50.4 Å². The summed E-state index contributed by atoms with van der Waals surface area (Å²) in [6.07, 6.45) is 5.36. The Morgan fingerprint density at radius 1 is 1.13 bits per heavy atom. The van der Waals surface area contributed by atoms with Crippen LogP contribution in [0, 0.1) is 24.7 Å². The number of nitrogens with one attached hydrogen (secondary N) is 2. The Morgan fingerprint density at radius 2 is 1.84 bits per heavy atom. The summed E-state index contributed by atoms with van der Waals surface area (Å²) in [5.41, 5.74) is 0. The predicted molar refractivity (Wildman–Crippen MR) is 136 cm³/mol. The zero-order chi connectivity index (χ0) is 21.3. The van der Waals surface area contributed by atoms with Crippen molar-refractivity contribution in [2.45, 2.75) is 53.0 Å². The van der Waals surface area contributed by atoms with E-state index in [1.54, 1.807) is 0 Å². The highest BCUT2D eigenvalue weighted by atomic mass is 127. The van der Waals surface area contributed by atoms with Crippen molar-refractivity contribution in [3.8, 4) is 0 Å². The SMILES string of the molecule is Cc1nnc(CN=C(NCCN2CCOCC2)NCC2CCC(C(C)C)CC2)n1C.I. The molecule has 1 aliphatic carbocycles. The van der Waals surface area contributed by atoms with Crippen LogP contribution in [0.25, 0.3) is 0 Å². The Labute approximate surface area is 205 Å². The molecule has 9 heteroatoms. The van der Waals surface area contributed by atoms with Gasteiger partial charge in [-0.2, -0.15) is 0 Å². The van der Waals surface area contributed by atoms with Gasteiger partial charge in [0.2, 0.25) is 0 Å². The second-order valence-corrected chi connectivity index (χ2v) is 9.17. The van der Waals surface area contributed by atoms with Crippen molar-refractivity contribution in [1.82, 2.24) is 30.3 Å². The molecular formula is C22H42IN7O. The van der Waals surface area contributed by atoms with E-state index in [0.717, 1.165) is 81.3 Å². The molecule has 0 atom stereocenters. The van der Waals surface area contributed by atoms with Crippen LogP contribution >= 0.6 is 24.0 Å². The Balaban J connectivity index is 0.00000341. The van der Waals surface area contributed by atoms with E-state index >= 15 is 0 Å². The van der Waals surface area contributed by atoms with Crippen molar-refractivity contribution in [1.29, 1.82) is 0 Å². The maximum absolute atomic E-state index is 5.44. The Bertz CT molecular complexity index is 665. The first-order chi connectivity index (χ1) is 14.5. The van der Waals surface area contributed by atoms with Crippen LogP contribution in [0.4, 0.5) is 0 Å². The summed E-state index contributed by atoms with van der Waals surface area (Å²) in [6.45, 7) is 13.8. The van der Waals surface area contributed by atoms with E-state index in [1.807, 2.05) is 18.5 Å². The molecule has 2 N–H and O–H groups in total. The smallest absolute Gasteiger partial charge is 0.191 e. The number of nitrogens with zero attached hydrogens (tertiary/aromatic N) is 5. The van der Waals surface area contributed by atoms with Crippen LogP contribution in [0.3, 0.4) is 0 Å². The van der Waals surface area contributed by atoms with Crippen molar-refractivity contribution >= 4 is 29.9 Å². The highest BCUT2D eigenvalue weighted by molar-refractivity contribution is 14.0. The normalized spacial score (nSPS) is 22.9. The fourth-order valence-corrected chi connectivity index (χ4v) is 4.37. The molecule has 1 aromatic heterocycles. The van der Waals surface area contributed by atoms with Gasteiger partial charge in [0.25, 0.3) is 0 Å². The lowest BCUT2D eigenvalue weighted by Gasteiger charge is -2.31. The molecule has 1 saturated heterocycles. The number of halogens is 1. The van der Waals surface area contributed by atoms with Crippen LogP contribution in [0.1, 0.15) is 51.2 Å². The first-order valence-corrected chi connectivity index (χ1v) is 11.7. The lowest BCUT2D eigenvalue weighted by Crippen LogP contribution is -2.45. The van der Waals surface area contributed by atoms with E-state index < -0.39 is 0 Å². The largest absolute Gasteiger partial charge is 0.379 e. The molecule has 1 saturated carbocycles. The number of hydrogen-bond donors (Lipinski definition) is 2. The standard InChI is InChI=1S/C22H41N7O.HI/c1-17(2)20-7-5-19(6-8-20)15-24-22(23-9-10-29-11-13-30-14-12-29)25-16-21-27-26-18(3)28(21)4;/h17,19-20H,5-16H2,1-4H3,(H2,23,24,25);1H. The van der Waals surface area contributed by atoms with Gasteiger partial charge in [0, 0.05) is 39.8 Å². The fourth-order valence-electron chi connectivity index (χ4n) is 4.37. The second kappa shape index (κ2) is 13.6. The average Bonchev–Trinajstić information content (AvgIpc) is 3.08. The molecule has 3 rings (SSSR count). The number of aryl methyl sites for hydroxylation is 1. The molecule has 0 unspecified atom stereocenters. The molecular weight excluding hydrogens is 505 g/mol. The van der Waals surface area contributed by atoms with Crippen molar-refractivity contribution < 1.29 is 4.74 Å². The van der Waals surface area contributed by atoms with Gasteiger partial charge in [0.1, 0.15) is 12.4 Å². The topological polar surface area (TPSA) is 79.6 Å². The van der Waals surface area contributed by atoms with Gasteiger partial charge >= 0.3 is 0 Å². The van der Waals surface area contributed by atoms with Crippen LogP contribution < -0.4 is 10.6 Å². The highest BCUT2D eigenvalue weighted by Crippen LogP contribution is 2.32. The molecule has 0 spiro atoms. The average molecular weight is 548 g/mol. The predicted octanol–water partition coefficient (Wildman–Crippen LogP) is 2.57. The zero-order valence-corrected chi connectivity index (χ0v) is 22.1. The number of guanidine groups is 1. The van der Waals surface area contributed by atoms with Crippen LogP contribution in [0.15, 0.2) is 4.99 Å². The van der Waals surface area contributed by atoms with E-state index in [9.17, 15) is 0 Å². The second-order valence-electron chi connectivity index (χ2n) is 9.17. The summed E-state index contributed by atoms with van der Waals surface area (Å²) in [5, 5.41) is 15.5. The van der Waals surface area contributed by atoms with Crippen molar-refractivity contribution in [2.75, 3.05) is 45.9 Å². The maximum Gasteiger partial charge on any atom is 0.191 e. The maximum atomic E-state index is 5.44. The van der Waals surface area contributed by atoms with Gasteiger partial charge in [-0.15, -0.1) is 34.2 Å². The van der Waals surface area contributed by atoms with Crippen molar-refractivity contribution in [3.63, 3.8) is 0 Å². The van der Waals surface area contributed by atoms with E-state index in [2.05, 4.69) is 39.6 Å². The lowest BCUT2D eigenvalue weighted by atomic mass is 9.77. The zero-order valence-electron chi connectivity index (χ0n) is 19.8. The summed E-state index contributed by atoms with van der Waals surface area (Å²) >= 11 is 0. The van der Waals surface area contributed by atoms with Gasteiger partial charge < -0.3 is 19.9 Å². The minimum Gasteiger partial charge on any atom is -0.379 e. The van der Waals surface area contributed by atoms with Gasteiger partial charge in [-0.3, -0.25) is 4.90 Å². The van der Waals surface area contributed by atoms with E-state index in [-0.39, 0.29) is 24.0 Å². The molecule has 8 nitrogen and oxygen atoms in total.